The fraction of sp³-hybridized carbons (Fsp3) is 0.500. The van der Waals surface area contributed by atoms with Gasteiger partial charge in [-0.25, -0.2) is 9.97 Å². The molecule has 0 saturated heterocycles. The van der Waals surface area contributed by atoms with Gasteiger partial charge in [-0.15, -0.1) is 11.3 Å². The van der Waals surface area contributed by atoms with Crippen molar-refractivity contribution in [1.82, 2.24) is 19.9 Å². The van der Waals surface area contributed by atoms with Gasteiger partial charge in [0, 0.05) is 31.9 Å². The zero-order valence-electron chi connectivity index (χ0n) is 11.7. The number of hydrogen-bond donors (Lipinski definition) is 1. The van der Waals surface area contributed by atoms with E-state index < -0.39 is 0 Å². The van der Waals surface area contributed by atoms with Crippen molar-refractivity contribution in [2.75, 3.05) is 6.54 Å². The highest BCUT2D eigenvalue weighted by Crippen LogP contribution is 2.19. The van der Waals surface area contributed by atoms with Crippen molar-refractivity contribution in [3.63, 3.8) is 0 Å². The Morgan fingerprint density at radius 2 is 2.40 bits per heavy atom. The van der Waals surface area contributed by atoms with Gasteiger partial charge in [-0.1, -0.05) is 0 Å². The average molecular weight is 290 g/mol. The second-order valence-electron chi connectivity index (χ2n) is 5.26. The van der Waals surface area contributed by atoms with Gasteiger partial charge in [0.15, 0.2) is 0 Å². The molecule has 0 saturated carbocycles. The Kier molecular flexibility index (Phi) is 3.56. The molecule has 5 nitrogen and oxygen atoms in total. The lowest BCUT2D eigenvalue weighted by atomic mass is 9.99. The van der Waals surface area contributed by atoms with E-state index in [0.29, 0.717) is 12.5 Å². The third-order valence-electron chi connectivity index (χ3n) is 3.69. The molecular weight excluding hydrogens is 272 g/mol. The Bertz CT molecular complexity index is 631. The van der Waals surface area contributed by atoms with Crippen LogP contribution in [-0.4, -0.2) is 27.0 Å². The van der Waals surface area contributed by atoms with Crippen molar-refractivity contribution in [1.29, 1.82) is 0 Å². The Balaban J connectivity index is 1.58. The Morgan fingerprint density at radius 1 is 1.55 bits per heavy atom. The monoisotopic (exact) mass is 290 g/mol. The second kappa shape index (κ2) is 5.36. The lowest BCUT2D eigenvalue weighted by Gasteiger charge is -2.23. The molecular formula is C14H18N4OS. The molecule has 6 heteroatoms. The van der Waals surface area contributed by atoms with Gasteiger partial charge in [0.25, 0.3) is 5.91 Å². The van der Waals surface area contributed by atoms with E-state index in [0.717, 1.165) is 40.8 Å². The Hall–Kier alpha value is -1.69. The number of nitrogens with zero attached hydrogens (tertiary/aromatic N) is 3. The topological polar surface area (TPSA) is 59.8 Å². The first-order valence-electron chi connectivity index (χ1n) is 6.85. The molecule has 3 rings (SSSR count). The lowest BCUT2D eigenvalue weighted by Crippen LogP contribution is -2.33. The lowest BCUT2D eigenvalue weighted by molar-refractivity contribution is 0.0947. The summed E-state index contributed by atoms with van der Waals surface area (Å²) in [5, 5.41) is 3.98. The highest BCUT2D eigenvalue weighted by Gasteiger charge is 2.20. The number of thiazole rings is 1. The van der Waals surface area contributed by atoms with E-state index in [1.807, 2.05) is 26.2 Å². The van der Waals surface area contributed by atoms with E-state index in [-0.39, 0.29) is 5.91 Å². The summed E-state index contributed by atoms with van der Waals surface area (Å²) in [6, 6.07) is 0. The molecule has 0 bridgehead atoms. The Labute approximate surface area is 122 Å². The summed E-state index contributed by atoms with van der Waals surface area (Å²) in [6.45, 7) is 5.47. The van der Waals surface area contributed by atoms with E-state index >= 15 is 0 Å². The first kappa shape index (κ1) is 13.3. The highest BCUT2D eigenvalue weighted by molar-refractivity contribution is 7.13. The number of carbonyl (C=O) groups is 1. The Morgan fingerprint density at radius 3 is 3.15 bits per heavy atom. The number of imidazole rings is 1. The molecule has 0 radical (unpaired) electrons. The van der Waals surface area contributed by atoms with Gasteiger partial charge in [0.2, 0.25) is 0 Å². The maximum Gasteiger partial charge on any atom is 0.263 e. The quantitative estimate of drug-likeness (QED) is 0.940. The molecule has 20 heavy (non-hydrogen) atoms. The largest absolute Gasteiger partial charge is 0.351 e. The van der Waals surface area contributed by atoms with Crippen LogP contribution in [0.5, 0.6) is 0 Å². The summed E-state index contributed by atoms with van der Waals surface area (Å²) in [6.07, 6.45) is 5.93. The van der Waals surface area contributed by atoms with Gasteiger partial charge in [-0.2, -0.15) is 0 Å². The van der Waals surface area contributed by atoms with Crippen LogP contribution < -0.4 is 5.32 Å². The molecule has 1 unspecified atom stereocenters. The number of aromatic nitrogens is 3. The zero-order chi connectivity index (χ0) is 14.1. The maximum atomic E-state index is 12.2. The van der Waals surface area contributed by atoms with Crippen LogP contribution in [0.3, 0.4) is 0 Å². The second-order valence-corrected chi connectivity index (χ2v) is 6.46. The van der Waals surface area contributed by atoms with Crippen molar-refractivity contribution in [2.45, 2.75) is 33.2 Å². The molecule has 0 fully saturated rings. The molecule has 1 amide bonds. The first-order valence-corrected chi connectivity index (χ1v) is 7.67. The number of nitrogens with one attached hydrogen (secondary N) is 1. The van der Waals surface area contributed by atoms with Crippen molar-refractivity contribution < 1.29 is 4.79 Å². The minimum Gasteiger partial charge on any atom is -0.351 e. The van der Waals surface area contributed by atoms with E-state index in [2.05, 4.69) is 19.9 Å². The average Bonchev–Trinajstić information content (AvgIpc) is 3.01. The van der Waals surface area contributed by atoms with Gasteiger partial charge in [-0.3, -0.25) is 4.79 Å². The maximum absolute atomic E-state index is 12.2. The normalized spacial score (nSPS) is 17.8. The zero-order valence-corrected chi connectivity index (χ0v) is 12.5. The summed E-state index contributed by atoms with van der Waals surface area (Å²) >= 11 is 1.46. The first-order chi connectivity index (χ1) is 9.63. The van der Waals surface area contributed by atoms with E-state index in [1.165, 1.54) is 11.3 Å². The van der Waals surface area contributed by atoms with Crippen LogP contribution >= 0.6 is 11.3 Å². The number of fused-ring (bicyclic) bond motifs is 1. The number of amides is 1. The molecule has 0 spiro atoms. The number of carbonyl (C=O) groups excluding carboxylic acids is 1. The van der Waals surface area contributed by atoms with Gasteiger partial charge in [-0.05, 0) is 26.2 Å². The molecule has 1 atom stereocenters. The SMILES string of the molecule is Cc1nc(C)c(C(=O)NCC2CCc3nccn3C2)s1. The molecule has 2 aromatic heterocycles. The number of hydrogen-bond acceptors (Lipinski definition) is 4. The fourth-order valence-electron chi connectivity index (χ4n) is 2.66. The standard InChI is InChI=1S/C14H18N4OS/c1-9-13(20-10(2)17-9)14(19)16-7-11-3-4-12-15-5-6-18(12)8-11/h5-6,11H,3-4,7-8H2,1-2H3,(H,16,19). The molecule has 0 aliphatic carbocycles. The van der Waals surface area contributed by atoms with Crippen LogP contribution in [0.1, 0.15) is 32.6 Å². The molecule has 3 heterocycles. The van der Waals surface area contributed by atoms with Crippen LogP contribution in [0.2, 0.25) is 0 Å². The summed E-state index contributed by atoms with van der Waals surface area (Å²) in [5.74, 6) is 1.64. The van der Waals surface area contributed by atoms with E-state index in [4.69, 9.17) is 0 Å². The van der Waals surface area contributed by atoms with Crippen molar-refractivity contribution in [3.05, 3.63) is 33.8 Å². The number of aryl methyl sites for hydroxylation is 3. The van der Waals surface area contributed by atoms with Gasteiger partial charge >= 0.3 is 0 Å². The predicted molar refractivity (Wildman–Crippen MR) is 78.0 cm³/mol. The summed E-state index contributed by atoms with van der Waals surface area (Å²) < 4.78 is 2.18. The fourth-order valence-corrected chi connectivity index (χ4v) is 3.50. The molecule has 2 aromatic rings. The highest BCUT2D eigenvalue weighted by atomic mass is 32.1. The van der Waals surface area contributed by atoms with Gasteiger partial charge in [0.1, 0.15) is 10.7 Å². The number of rotatable bonds is 3. The van der Waals surface area contributed by atoms with Crippen LogP contribution in [0.15, 0.2) is 12.4 Å². The van der Waals surface area contributed by atoms with E-state index in [1.54, 1.807) is 0 Å². The van der Waals surface area contributed by atoms with Crippen molar-refractivity contribution in [3.8, 4) is 0 Å². The molecule has 1 aliphatic rings. The van der Waals surface area contributed by atoms with Crippen LogP contribution in [-0.2, 0) is 13.0 Å². The minimum atomic E-state index is 0.00419. The van der Waals surface area contributed by atoms with E-state index in [9.17, 15) is 4.79 Å². The van der Waals surface area contributed by atoms with Crippen LogP contribution in [0.4, 0.5) is 0 Å². The van der Waals surface area contributed by atoms with Crippen LogP contribution in [0, 0.1) is 19.8 Å². The predicted octanol–water partition coefficient (Wildman–Crippen LogP) is 1.95. The molecule has 1 N–H and O–H groups in total. The van der Waals surface area contributed by atoms with Gasteiger partial charge in [0.05, 0.1) is 10.7 Å². The third-order valence-corrected chi connectivity index (χ3v) is 4.77. The molecule has 0 aromatic carbocycles. The molecule has 106 valence electrons. The summed E-state index contributed by atoms with van der Waals surface area (Å²) in [7, 11) is 0. The molecule has 1 aliphatic heterocycles. The minimum absolute atomic E-state index is 0.00419. The smallest absolute Gasteiger partial charge is 0.263 e. The summed E-state index contributed by atoms with van der Waals surface area (Å²) in [5.41, 5.74) is 0.825. The van der Waals surface area contributed by atoms with Crippen molar-refractivity contribution >= 4 is 17.2 Å². The van der Waals surface area contributed by atoms with Crippen LogP contribution in [0.25, 0.3) is 0 Å². The van der Waals surface area contributed by atoms with Crippen molar-refractivity contribution in [2.24, 2.45) is 5.92 Å². The third kappa shape index (κ3) is 2.60. The summed E-state index contributed by atoms with van der Waals surface area (Å²) in [4.78, 5) is 21.5. The van der Waals surface area contributed by atoms with Gasteiger partial charge < -0.3 is 9.88 Å².